The first-order chi connectivity index (χ1) is 18.8. The molecule has 1 aromatic rings. The van der Waals surface area contributed by atoms with Crippen molar-refractivity contribution in [2.45, 2.75) is 142 Å². The molecule has 1 saturated carbocycles. The molecule has 2 aliphatic rings. The second-order valence-electron chi connectivity index (χ2n) is 15.8. The number of hydrogen-bond donors (Lipinski definition) is 0. The molecule has 1 aliphatic heterocycles. The van der Waals surface area contributed by atoms with Crippen molar-refractivity contribution in [2.24, 2.45) is 5.41 Å². The molecule has 2 fully saturated rings. The predicted octanol–water partition coefficient (Wildman–Crippen LogP) is 7.57. The number of carbonyl (C=O) groups is 1. The van der Waals surface area contributed by atoms with Gasteiger partial charge < -0.3 is 23.7 Å². The van der Waals surface area contributed by atoms with E-state index in [2.05, 4.69) is 70.5 Å². The van der Waals surface area contributed by atoms with Crippen LogP contribution in [0.2, 0.25) is 18.1 Å². The number of rotatable bonds is 9. The maximum atomic E-state index is 12.5. The molecule has 3 rings (SSSR count). The Morgan fingerprint density at radius 1 is 1.12 bits per heavy atom. The lowest BCUT2D eigenvalue weighted by Gasteiger charge is -2.48. The predicted molar refractivity (Wildman–Crippen MR) is 169 cm³/mol. The lowest BCUT2D eigenvalue weighted by Crippen LogP contribution is -2.49. The number of amides is 1. The van der Waals surface area contributed by atoms with Crippen LogP contribution in [-0.4, -0.2) is 79.5 Å². The molecule has 3 unspecified atom stereocenters. The third-order valence-corrected chi connectivity index (χ3v) is 13.9. The molecule has 0 spiro atoms. The molecule has 0 aromatic carbocycles. The summed E-state index contributed by atoms with van der Waals surface area (Å²) in [5.41, 5.74) is 2.11. The monoisotopic (exact) mass is 592 g/mol. The van der Waals surface area contributed by atoms with Gasteiger partial charge in [-0.2, -0.15) is 5.10 Å². The van der Waals surface area contributed by atoms with E-state index < -0.39 is 13.9 Å². The van der Waals surface area contributed by atoms with Crippen molar-refractivity contribution in [2.75, 3.05) is 33.8 Å². The van der Waals surface area contributed by atoms with Crippen molar-refractivity contribution in [3.05, 3.63) is 17.5 Å². The molecule has 3 atom stereocenters. The van der Waals surface area contributed by atoms with Gasteiger partial charge in [0.15, 0.2) is 8.32 Å². The van der Waals surface area contributed by atoms with Crippen molar-refractivity contribution in [1.29, 1.82) is 0 Å². The minimum absolute atomic E-state index is 0.0131. The van der Waals surface area contributed by atoms with Crippen molar-refractivity contribution >= 4 is 14.4 Å². The number of ether oxygens (including phenoxy) is 2. The maximum absolute atomic E-state index is 12.5. The molecule has 1 aliphatic carbocycles. The molecule has 0 radical (unpaired) electrons. The van der Waals surface area contributed by atoms with Crippen LogP contribution in [0.4, 0.5) is 4.79 Å². The Labute approximate surface area is 251 Å². The number of carbonyl (C=O) groups excluding carboxylic acids is 1. The zero-order valence-electron chi connectivity index (χ0n) is 28.3. The second-order valence-corrected chi connectivity index (χ2v) is 20.6. The van der Waals surface area contributed by atoms with E-state index in [4.69, 9.17) is 19.0 Å². The first-order valence-electron chi connectivity index (χ1n) is 15.8. The van der Waals surface area contributed by atoms with E-state index in [9.17, 15) is 4.79 Å². The Balaban J connectivity index is 1.79. The van der Waals surface area contributed by atoms with Crippen LogP contribution < -0.4 is 0 Å². The summed E-state index contributed by atoms with van der Waals surface area (Å²) in [6, 6.07) is 0. The van der Waals surface area contributed by atoms with E-state index in [1.807, 2.05) is 20.8 Å². The largest absolute Gasteiger partial charge is 0.444 e. The van der Waals surface area contributed by atoms with Gasteiger partial charge in [0.2, 0.25) is 0 Å². The third kappa shape index (κ3) is 9.28. The van der Waals surface area contributed by atoms with Crippen molar-refractivity contribution in [3.63, 3.8) is 0 Å². The highest BCUT2D eigenvalue weighted by atomic mass is 28.4. The molecule has 236 valence electrons. The summed E-state index contributed by atoms with van der Waals surface area (Å²) < 4.78 is 20.9. The van der Waals surface area contributed by atoms with Gasteiger partial charge in [-0.25, -0.2) is 9.48 Å². The molecule has 1 saturated heterocycles. The molecule has 2 heterocycles. The van der Waals surface area contributed by atoms with Crippen molar-refractivity contribution in [3.8, 4) is 0 Å². The van der Waals surface area contributed by atoms with Crippen LogP contribution in [0.5, 0.6) is 0 Å². The minimum Gasteiger partial charge on any atom is -0.444 e. The number of nitrogens with zero attached hydrogens (tertiary/aromatic N) is 4. The first kappa shape index (κ1) is 34.1. The van der Waals surface area contributed by atoms with Gasteiger partial charge in [-0.05, 0) is 89.9 Å². The molecule has 1 amide bonds. The van der Waals surface area contributed by atoms with E-state index in [0.717, 1.165) is 51.8 Å². The van der Waals surface area contributed by atoms with Gasteiger partial charge in [0.05, 0.1) is 11.8 Å². The SMILES string of the molecule is CN(CCN(C)C(=O)OC(C)(C)C)Cc1cn(C2CCCCO2)nc1C1CCC(C)(C)C(O[Si](C)(C)C(C)(C)C)C1. The standard InChI is InChI=1S/C32H60N4O4Si/c1-30(2,3)39-29(37)35(10)19-18-34(9)22-25-23-36(27-15-13-14-20-38-27)33-28(25)24-16-17-32(7,8)26(21-24)40-41(11,12)31(4,5)6/h23-24,26-27H,13-22H2,1-12H3. The molecule has 0 bridgehead atoms. The highest BCUT2D eigenvalue weighted by Crippen LogP contribution is 2.48. The molecular formula is C32H60N4O4Si. The fraction of sp³-hybridized carbons (Fsp3) is 0.875. The van der Waals surface area contributed by atoms with E-state index in [1.165, 1.54) is 17.7 Å². The average Bonchev–Trinajstić information content (AvgIpc) is 3.26. The quantitative estimate of drug-likeness (QED) is 0.276. The van der Waals surface area contributed by atoms with Crippen LogP contribution >= 0.6 is 0 Å². The first-order valence-corrected chi connectivity index (χ1v) is 18.7. The highest BCUT2D eigenvalue weighted by Gasteiger charge is 2.46. The van der Waals surface area contributed by atoms with Crippen LogP contribution in [0.15, 0.2) is 6.20 Å². The van der Waals surface area contributed by atoms with E-state index in [1.54, 1.807) is 11.9 Å². The smallest absolute Gasteiger partial charge is 0.410 e. The maximum Gasteiger partial charge on any atom is 0.410 e. The lowest BCUT2D eigenvalue weighted by molar-refractivity contribution is -0.0400. The van der Waals surface area contributed by atoms with Gasteiger partial charge in [-0.1, -0.05) is 34.6 Å². The minimum atomic E-state index is -1.92. The Morgan fingerprint density at radius 3 is 2.39 bits per heavy atom. The molecular weight excluding hydrogens is 532 g/mol. The fourth-order valence-electron chi connectivity index (χ4n) is 5.50. The van der Waals surface area contributed by atoms with Crippen LogP contribution in [0, 0.1) is 5.41 Å². The lowest BCUT2D eigenvalue weighted by atomic mass is 9.70. The molecule has 1 aromatic heterocycles. The summed E-state index contributed by atoms with van der Waals surface area (Å²) >= 11 is 0. The second kappa shape index (κ2) is 13.1. The average molecular weight is 593 g/mol. The Morgan fingerprint density at radius 2 is 1.80 bits per heavy atom. The Bertz CT molecular complexity index is 1000. The number of likely N-dealkylation sites (N-methyl/N-ethyl adjacent to an activating group) is 2. The van der Waals surface area contributed by atoms with Gasteiger partial charge in [-0.15, -0.1) is 0 Å². The summed E-state index contributed by atoms with van der Waals surface area (Å²) in [5, 5.41) is 5.41. The van der Waals surface area contributed by atoms with Gasteiger partial charge in [0, 0.05) is 51.0 Å². The zero-order valence-corrected chi connectivity index (χ0v) is 29.3. The third-order valence-electron chi connectivity index (χ3n) is 9.39. The summed E-state index contributed by atoms with van der Waals surface area (Å²) in [7, 11) is 2.01. The van der Waals surface area contributed by atoms with Crippen LogP contribution in [0.1, 0.15) is 117 Å². The van der Waals surface area contributed by atoms with Crippen LogP contribution in [0.3, 0.4) is 0 Å². The van der Waals surface area contributed by atoms with E-state index >= 15 is 0 Å². The van der Waals surface area contributed by atoms with Crippen LogP contribution in [0.25, 0.3) is 0 Å². The Kier molecular flexibility index (Phi) is 10.9. The van der Waals surface area contributed by atoms with E-state index in [0.29, 0.717) is 12.5 Å². The summed E-state index contributed by atoms with van der Waals surface area (Å²) in [4.78, 5) is 16.4. The number of hydrogen-bond acceptors (Lipinski definition) is 6. The highest BCUT2D eigenvalue weighted by molar-refractivity contribution is 6.74. The number of aromatic nitrogens is 2. The zero-order chi connectivity index (χ0) is 30.8. The van der Waals surface area contributed by atoms with Crippen LogP contribution in [-0.2, 0) is 20.4 Å². The molecule has 9 heteroatoms. The van der Waals surface area contributed by atoms with Gasteiger partial charge in [0.25, 0.3) is 0 Å². The fourth-order valence-corrected chi connectivity index (χ4v) is 6.98. The van der Waals surface area contributed by atoms with Gasteiger partial charge in [0.1, 0.15) is 11.8 Å². The summed E-state index contributed by atoms with van der Waals surface area (Å²) in [5.74, 6) is 0.357. The Hall–Kier alpha value is -1.42. The van der Waals surface area contributed by atoms with Gasteiger partial charge in [-0.3, -0.25) is 0 Å². The summed E-state index contributed by atoms with van der Waals surface area (Å²) in [6.07, 6.45) is 8.71. The normalized spacial score (nSPS) is 24.0. The molecule has 8 nitrogen and oxygen atoms in total. The van der Waals surface area contributed by atoms with Crippen molar-refractivity contribution < 1.29 is 18.7 Å². The molecule has 41 heavy (non-hydrogen) atoms. The van der Waals surface area contributed by atoms with Crippen molar-refractivity contribution in [1.82, 2.24) is 19.6 Å². The van der Waals surface area contributed by atoms with E-state index in [-0.39, 0.29) is 28.9 Å². The van der Waals surface area contributed by atoms with Gasteiger partial charge >= 0.3 is 6.09 Å². The summed E-state index contributed by atoms with van der Waals surface area (Å²) in [6.45, 7) is 25.1. The topological polar surface area (TPSA) is 69.1 Å². The molecule has 0 N–H and O–H groups in total.